The molecule has 0 bridgehead atoms. The summed E-state index contributed by atoms with van der Waals surface area (Å²) in [4.78, 5) is 35.7. The fourth-order valence-electron chi connectivity index (χ4n) is 3.91. The van der Waals surface area contributed by atoms with E-state index in [2.05, 4.69) is 30.6 Å². The van der Waals surface area contributed by atoms with Crippen molar-refractivity contribution >= 4 is 17.6 Å². The van der Waals surface area contributed by atoms with Crippen LogP contribution >= 0.6 is 0 Å². The van der Waals surface area contributed by atoms with Crippen molar-refractivity contribution in [3.05, 3.63) is 35.5 Å². The third kappa shape index (κ3) is 5.17. The lowest BCUT2D eigenvalue weighted by Crippen LogP contribution is -2.56. The zero-order valence-corrected chi connectivity index (χ0v) is 17.8. The van der Waals surface area contributed by atoms with E-state index in [0.717, 1.165) is 18.7 Å². The lowest BCUT2D eigenvalue weighted by molar-refractivity contribution is -0.132. The molecule has 1 fully saturated rings. The maximum atomic E-state index is 12.5. The van der Waals surface area contributed by atoms with E-state index in [9.17, 15) is 14.7 Å². The van der Waals surface area contributed by atoms with Gasteiger partial charge in [-0.25, -0.2) is 9.97 Å². The molecule has 0 radical (unpaired) electrons. The van der Waals surface area contributed by atoms with Crippen molar-refractivity contribution in [2.45, 2.75) is 32.0 Å². The number of nitrogens with zero attached hydrogens (tertiary/aromatic N) is 6. The zero-order chi connectivity index (χ0) is 22.0. The maximum Gasteiger partial charge on any atom is 0.270 e. The van der Waals surface area contributed by atoms with Gasteiger partial charge in [0, 0.05) is 65.5 Å². The number of rotatable bonds is 7. The van der Waals surface area contributed by atoms with Crippen molar-refractivity contribution in [1.82, 2.24) is 34.9 Å². The Morgan fingerprint density at radius 3 is 2.90 bits per heavy atom. The summed E-state index contributed by atoms with van der Waals surface area (Å²) >= 11 is 0. The van der Waals surface area contributed by atoms with Crippen LogP contribution in [0.5, 0.6) is 0 Å². The first kappa shape index (κ1) is 21.2. The highest BCUT2D eigenvalue weighted by Crippen LogP contribution is 2.17. The van der Waals surface area contributed by atoms with Gasteiger partial charge >= 0.3 is 0 Å². The Kier molecular flexibility index (Phi) is 6.14. The number of aliphatic hydroxyl groups is 1. The molecule has 3 N–H and O–H groups in total. The molecule has 0 saturated carbocycles. The van der Waals surface area contributed by atoms with Crippen LogP contribution in [-0.4, -0.2) is 91.3 Å². The van der Waals surface area contributed by atoms with Gasteiger partial charge in [0.2, 0.25) is 5.91 Å². The van der Waals surface area contributed by atoms with Gasteiger partial charge in [-0.15, -0.1) is 0 Å². The Labute approximate surface area is 180 Å². The van der Waals surface area contributed by atoms with Crippen molar-refractivity contribution in [3.63, 3.8) is 0 Å². The number of aliphatic hydroxyl groups excluding tert-OH is 1. The smallest absolute Gasteiger partial charge is 0.270 e. The molecular weight excluding hydrogens is 400 g/mol. The molecule has 4 heterocycles. The molecule has 4 rings (SSSR count). The Hall–Kier alpha value is -3.05. The topological polar surface area (TPSA) is 129 Å². The van der Waals surface area contributed by atoms with Crippen LogP contribution in [0.2, 0.25) is 0 Å². The summed E-state index contributed by atoms with van der Waals surface area (Å²) in [5.41, 5.74) is 2.53. The Morgan fingerprint density at radius 1 is 1.32 bits per heavy atom. The number of aromatic nitrogens is 4. The minimum atomic E-state index is -0.693. The van der Waals surface area contributed by atoms with Gasteiger partial charge in [-0.1, -0.05) is 0 Å². The van der Waals surface area contributed by atoms with Gasteiger partial charge < -0.3 is 20.6 Å². The highest BCUT2D eigenvalue weighted by Gasteiger charge is 2.28. The number of carbonyl (C=O) groups is 2. The molecule has 0 aromatic carbocycles. The maximum absolute atomic E-state index is 12.5. The quantitative estimate of drug-likeness (QED) is 0.512. The molecule has 2 amide bonds. The zero-order valence-electron chi connectivity index (χ0n) is 17.8. The van der Waals surface area contributed by atoms with Gasteiger partial charge in [0.05, 0.1) is 17.8 Å². The lowest BCUT2D eigenvalue weighted by Gasteiger charge is -2.39. The van der Waals surface area contributed by atoms with E-state index in [0.29, 0.717) is 32.0 Å². The summed E-state index contributed by atoms with van der Waals surface area (Å²) in [5, 5.41) is 20.8. The van der Waals surface area contributed by atoms with Crippen LogP contribution in [0.25, 0.3) is 0 Å². The van der Waals surface area contributed by atoms with Crippen molar-refractivity contribution in [1.29, 1.82) is 0 Å². The van der Waals surface area contributed by atoms with Crippen molar-refractivity contribution in [2.75, 3.05) is 38.0 Å². The highest BCUT2D eigenvalue weighted by atomic mass is 16.3. The molecule has 166 valence electrons. The van der Waals surface area contributed by atoms with Gasteiger partial charge in [0.25, 0.3) is 5.91 Å². The standard InChI is InChI=1S/C20H28N8O3/c1-13(29)28-8-15(9-28)24-19-5-17(22-12-23-19)20(31)21-6-16(30)10-27-4-3-14-7-26(2)25-18(14)11-27/h5,7,12,15-16,30H,3-4,6,8-11H2,1-2H3,(H,21,31)(H,22,23,24)/t16-/m0/s1. The fraction of sp³-hybridized carbons (Fsp3) is 0.550. The molecule has 0 aliphatic carbocycles. The number of β-amino-alcohol motifs (C(OH)–C–C–N with tert-alkyl or cyclic N) is 1. The molecule has 1 atom stereocenters. The van der Waals surface area contributed by atoms with E-state index in [4.69, 9.17) is 0 Å². The molecule has 1 saturated heterocycles. The van der Waals surface area contributed by atoms with Gasteiger partial charge in [-0.3, -0.25) is 19.2 Å². The second kappa shape index (κ2) is 8.98. The first-order chi connectivity index (χ1) is 14.9. The number of fused-ring (bicyclic) bond motifs is 1. The summed E-state index contributed by atoms with van der Waals surface area (Å²) in [5.74, 6) is 0.215. The Bertz CT molecular complexity index is 956. The molecule has 2 aromatic rings. The lowest BCUT2D eigenvalue weighted by atomic mass is 10.1. The summed E-state index contributed by atoms with van der Waals surface area (Å²) in [7, 11) is 1.91. The van der Waals surface area contributed by atoms with Crippen LogP contribution in [0.1, 0.15) is 28.7 Å². The van der Waals surface area contributed by atoms with Crippen LogP contribution in [0.3, 0.4) is 0 Å². The molecule has 11 nitrogen and oxygen atoms in total. The van der Waals surface area contributed by atoms with Crippen LogP contribution in [-0.2, 0) is 24.8 Å². The molecule has 0 spiro atoms. The van der Waals surface area contributed by atoms with Crippen LogP contribution in [0.4, 0.5) is 5.82 Å². The van der Waals surface area contributed by atoms with Gasteiger partial charge in [-0.05, 0) is 12.0 Å². The molecule has 2 aliphatic rings. The second-order valence-electron chi connectivity index (χ2n) is 8.18. The second-order valence-corrected chi connectivity index (χ2v) is 8.18. The van der Waals surface area contributed by atoms with E-state index in [1.54, 1.807) is 17.9 Å². The summed E-state index contributed by atoms with van der Waals surface area (Å²) in [6.07, 6.45) is 3.58. The molecule has 31 heavy (non-hydrogen) atoms. The average molecular weight is 428 g/mol. The van der Waals surface area contributed by atoms with E-state index < -0.39 is 6.10 Å². The number of carbonyl (C=O) groups excluding carboxylic acids is 2. The molecule has 2 aliphatic heterocycles. The number of likely N-dealkylation sites (tertiary alicyclic amines) is 1. The number of aryl methyl sites for hydroxylation is 1. The van der Waals surface area contributed by atoms with E-state index >= 15 is 0 Å². The average Bonchev–Trinajstić information content (AvgIpc) is 3.07. The normalized spacial score (nSPS) is 17.6. The monoisotopic (exact) mass is 428 g/mol. The van der Waals surface area contributed by atoms with Crippen LogP contribution in [0, 0.1) is 0 Å². The Balaban J connectivity index is 1.23. The van der Waals surface area contributed by atoms with E-state index in [-0.39, 0.29) is 30.1 Å². The molecular formula is C20H28N8O3. The highest BCUT2D eigenvalue weighted by molar-refractivity contribution is 5.92. The van der Waals surface area contributed by atoms with Crippen molar-refractivity contribution in [3.8, 4) is 0 Å². The number of nitrogens with one attached hydrogen (secondary N) is 2. The largest absolute Gasteiger partial charge is 0.390 e. The summed E-state index contributed by atoms with van der Waals surface area (Å²) in [6.45, 7) is 4.91. The van der Waals surface area contributed by atoms with Crippen molar-refractivity contribution in [2.24, 2.45) is 7.05 Å². The molecule has 11 heteroatoms. The number of hydrogen-bond donors (Lipinski definition) is 3. The minimum absolute atomic E-state index is 0.0457. The number of hydrogen-bond acceptors (Lipinski definition) is 8. The van der Waals surface area contributed by atoms with E-state index in [1.165, 1.54) is 11.9 Å². The summed E-state index contributed by atoms with van der Waals surface area (Å²) < 4.78 is 1.82. The molecule has 0 unspecified atom stereocenters. The van der Waals surface area contributed by atoms with Gasteiger partial charge in [-0.2, -0.15) is 5.10 Å². The number of amides is 2. The first-order valence-corrected chi connectivity index (χ1v) is 10.4. The third-order valence-corrected chi connectivity index (χ3v) is 5.61. The van der Waals surface area contributed by atoms with Gasteiger partial charge in [0.15, 0.2) is 0 Å². The first-order valence-electron chi connectivity index (χ1n) is 10.4. The fourth-order valence-corrected chi connectivity index (χ4v) is 3.91. The SMILES string of the molecule is CC(=O)N1CC(Nc2cc(C(=O)NC[C@H](O)CN3CCc4cn(C)nc4C3)ncn2)C1. The Morgan fingerprint density at radius 2 is 2.13 bits per heavy atom. The van der Waals surface area contributed by atoms with Gasteiger partial charge in [0.1, 0.15) is 17.8 Å². The van der Waals surface area contributed by atoms with E-state index in [1.807, 2.05) is 17.9 Å². The number of anilines is 1. The summed E-state index contributed by atoms with van der Waals surface area (Å²) in [6, 6.07) is 1.69. The third-order valence-electron chi connectivity index (χ3n) is 5.61. The van der Waals surface area contributed by atoms with Crippen LogP contribution < -0.4 is 10.6 Å². The van der Waals surface area contributed by atoms with Crippen molar-refractivity contribution < 1.29 is 14.7 Å². The van der Waals surface area contributed by atoms with Crippen LogP contribution in [0.15, 0.2) is 18.6 Å². The predicted molar refractivity (Wildman–Crippen MR) is 112 cm³/mol. The molecule has 2 aromatic heterocycles. The minimum Gasteiger partial charge on any atom is -0.390 e. The predicted octanol–water partition coefficient (Wildman–Crippen LogP) is -0.998.